The number of imide groups is 1. The molecule has 124 valence electrons. The van der Waals surface area contributed by atoms with E-state index in [1.165, 1.54) is 6.92 Å². The Morgan fingerprint density at radius 3 is 2.52 bits per heavy atom. The zero-order chi connectivity index (χ0) is 17.6. The molecule has 2 aromatic rings. The minimum Gasteiger partial charge on any atom is -0.381 e. The minimum atomic E-state index is -0.963. The number of anilines is 1. The normalized spacial score (nSPS) is 21.8. The molecule has 0 radical (unpaired) electrons. The molecule has 1 fully saturated rings. The highest BCUT2D eigenvalue weighted by molar-refractivity contribution is 6.32. The zero-order valence-electron chi connectivity index (χ0n) is 13.2. The molecule has 2 aliphatic heterocycles. The number of nitrogens with zero attached hydrogens (tertiary/aromatic N) is 3. The molecule has 3 heterocycles. The fourth-order valence-electron chi connectivity index (χ4n) is 3.03. The summed E-state index contributed by atoms with van der Waals surface area (Å²) in [5, 5.41) is 3.92. The van der Waals surface area contributed by atoms with Gasteiger partial charge in [-0.1, -0.05) is 5.16 Å². The van der Waals surface area contributed by atoms with Crippen LogP contribution in [-0.4, -0.2) is 34.4 Å². The number of pyridine rings is 1. The number of carbonyl (C=O) groups excluding carboxylic acids is 3. The van der Waals surface area contributed by atoms with E-state index in [1.54, 1.807) is 48.8 Å². The number of Topliss-reactive ketones (excluding diaryl/α,β-unsaturated/α-hetero) is 1. The third-order valence-corrected chi connectivity index (χ3v) is 4.30. The Hall–Kier alpha value is -3.35. The molecule has 0 saturated carbocycles. The Labute approximate surface area is 142 Å². The molecule has 0 spiro atoms. The monoisotopic (exact) mass is 335 g/mol. The van der Waals surface area contributed by atoms with Crippen LogP contribution in [0.5, 0.6) is 0 Å². The van der Waals surface area contributed by atoms with Crippen LogP contribution in [0.4, 0.5) is 5.69 Å². The van der Waals surface area contributed by atoms with Crippen molar-refractivity contribution in [1.29, 1.82) is 0 Å². The Bertz CT molecular complexity index is 906. The van der Waals surface area contributed by atoms with Crippen LogP contribution in [0.15, 0.2) is 53.9 Å². The summed E-state index contributed by atoms with van der Waals surface area (Å²) < 4.78 is 0. The van der Waals surface area contributed by atoms with Crippen molar-refractivity contribution >= 4 is 29.0 Å². The predicted octanol–water partition coefficient (Wildman–Crippen LogP) is 1.58. The van der Waals surface area contributed by atoms with Crippen molar-refractivity contribution in [1.82, 2.24) is 4.98 Å². The van der Waals surface area contributed by atoms with E-state index in [9.17, 15) is 14.4 Å². The SMILES string of the molecule is CC(=O)c1ccc(N2C(=O)[C@H]3C(c4cccnc4)=NO[C@H]3C2=O)cc1. The van der Waals surface area contributed by atoms with E-state index < -0.39 is 23.8 Å². The average Bonchev–Trinajstić information content (AvgIpc) is 3.17. The third-order valence-electron chi connectivity index (χ3n) is 4.30. The maximum absolute atomic E-state index is 12.9. The van der Waals surface area contributed by atoms with Crippen LogP contribution in [0.2, 0.25) is 0 Å². The largest absolute Gasteiger partial charge is 0.381 e. The van der Waals surface area contributed by atoms with Gasteiger partial charge in [-0.2, -0.15) is 0 Å². The number of ketones is 1. The first kappa shape index (κ1) is 15.2. The first-order valence-corrected chi connectivity index (χ1v) is 7.71. The van der Waals surface area contributed by atoms with Gasteiger partial charge in [0.25, 0.3) is 5.91 Å². The van der Waals surface area contributed by atoms with Crippen LogP contribution in [-0.2, 0) is 14.4 Å². The second kappa shape index (κ2) is 5.62. The number of hydrogen-bond donors (Lipinski definition) is 0. The van der Waals surface area contributed by atoms with Crippen LogP contribution < -0.4 is 4.90 Å². The van der Waals surface area contributed by atoms with Gasteiger partial charge in [-0.25, -0.2) is 4.90 Å². The van der Waals surface area contributed by atoms with Crippen molar-refractivity contribution < 1.29 is 19.2 Å². The van der Waals surface area contributed by atoms with E-state index in [2.05, 4.69) is 10.1 Å². The summed E-state index contributed by atoms with van der Waals surface area (Å²) in [7, 11) is 0. The Morgan fingerprint density at radius 1 is 1.12 bits per heavy atom. The van der Waals surface area contributed by atoms with Crippen molar-refractivity contribution in [3.05, 3.63) is 59.9 Å². The first-order valence-electron chi connectivity index (χ1n) is 7.71. The lowest BCUT2D eigenvalue weighted by molar-refractivity contribution is -0.126. The predicted molar refractivity (Wildman–Crippen MR) is 88.1 cm³/mol. The standard InChI is InChI=1S/C18H13N3O4/c1-10(22)11-4-6-13(7-5-11)21-17(23)14-15(12-3-2-8-19-9-12)20-25-16(14)18(21)24/h2-9,14,16H,1H3/t14-,16+/m0/s1. The highest BCUT2D eigenvalue weighted by Crippen LogP contribution is 2.35. The Balaban J connectivity index is 1.67. The molecule has 0 N–H and O–H groups in total. The number of amides is 2. The summed E-state index contributed by atoms with van der Waals surface area (Å²) in [6.07, 6.45) is 2.23. The van der Waals surface area contributed by atoms with Crippen molar-refractivity contribution in [3.63, 3.8) is 0 Å². The summed E-state index contributed by atoms with van der Waals surface area (Å²) in [6.45, 7) is 1.45. The fourth-order valence-corrected chi connectivity index (χ4v) is 3.03. The van der Waals surface area contributed by atoms with Gasteiger partial charge in [-0.3, -0.25) is 19.4 Å². The molecule has 2 amide bonds. The number of benzene rings is 1. The molecule has 2 atom stereocenters. The summed E-state index contributed by atoms with van der Waals surface area (Å²) in [4.78, 5) is 47.2. The number of aromatic nitrogens is 1. The molecule has 1 saturated heterocycles. The second-order valence-corrected chi connectivity index (χ2v) is 5.84. The van der Waals surface area contributed by atoms with Gasteiger partial charge in [-0.05, 0) is 43.3 Å². The Morgan fingerprint density at radius 2 is 1.88 bits per heavy atom. The number of rotatable bonds is 3. The van der Waals surface area contributed by atoms with Gasteiger partial charge in [0.2, 0.25) is 12.0 Å². The van der Waals surface area contributed by atoms with Crippen LogP contribution in [0.25, 0.3) is 0 Å². The molecule has 1 aromatic carbocycles. The van der Waals surface area contributed by atoms with Gasteiger partial charge in [0.15, 0.2) is 5.78 Å². The molecule has 7 heteroatoms. The second-order valence-electron chi connectivity index (χ2n) is 5.84. The number of carbonyl (C=O) groups is 3. The quantitative estimate of drug-likeness (QED) is 0.627. The van der Waals surface area contributed by atoms with E-state index in [-0.39, 0.29) is 5.78 Å². The van der Waals surface area contributed by atoms with Gasteiger partial charge < -0.3 is 4.84 Å². The molecular formula is C18H13N3O4. The van der Waals surface area contributed by atoms with Crippen molar-refractivity contribution in [2.24, 2.45) is 11.1 Å². The van der Waals surface area contributed by atoms with E-state index in [0.717, 1.165) is 4.90 Å². The van der Waals surface area contributed by atoms with Gasteiger partial charge in [0, 0.05) is 23.5 Å². The maximum atomic E-state index is 12.9. The average molecular weight is 335 g/mol. The van der Waals surface area contributed by atoms with E-state index >= 15 is 0 Å². The maximum Gasteiger partial charge on any atom is 0.278 e. The molecule has 25 heavy (non-hydrogen) atoms. The molecule has 4 rings (SSSR count). The number of fused-ring (bicyclic) bond motifs is 1. The molecule has 2 aliphatic rings. The summed E-state index contributed by atoms with van der Waals surface area (Å²) in [5.74, 6) is -1.74. The van der Waals surface area contributed by atoms with Gasteiger partial charge in [0.05, 0.1) is 5.69 Å². The highest BCUT2D eigenvalue weighted by Gasteiger charge is 2.56. The van der Waals surface area contributed by atoms with Gasteiger partial charge in [0.1, 0.15) is 11.6 Å². The smallest absolute Gasteiger partial charge is 0.278 e. The van der Waals surface area contributed by atoms with E-state index in [1.807, 2.05) is 0 Å². The minimum absolute atomic E-state index is 0.0863. The lowest BCUT2D eigenvalue weighted by Crippen LogP contribution is -2.33. The van der Waals surface area contributed by atoms with Gasteiger partial charge in [-0.15, -0.1) is 0 Å². The molecule has 0 unspecified atom stereocenters. The summed E-state index contributed by atoms with van der Waals surface area (Å²) in [6, 6.07) is 9.82. The van der Waals surface area contributed by atoms with Crippen molar-refractivity contribution in [2.45, 2.75) is 13.0 Å². The lowest BCUT2D eigenvalue weighted by Gasteiger charge is -2.15. The van der Waals surface area contributed by atoms with Crippen LogP contribution in [0.1, 0.15) is 22.8 Å². The van der Waals surface area contributed by atoms with Crippen LogP contribution in [0, 0.1) is 5.92 Å². The fraction of sp³-hybridized carbons (Fsp3) is 0.167. The lowest BCUT2D eigenvalue weighted by atomic mass is 9.95. The van der Waals surface area contributed by atoms with Crippen LogP contribution >= 0.6 is 0 Å². The first-order chi connectivity index (χ1) is 12.1. The van der Waals surface area contributed by atoms with Crippen LogP contribution in [0.3, 0.4) is 0 Å². The van der Waals surface area contributed by atoms with Crippen molar-refractivity contribution in [3.8, 4) is 0 Å². The zero-order valence-corrected chi connectivity index (χ0v) is 13.2. The van der Waals surface area contributed by atoms with Crippen molar-refractivity contribution in [2.75, 3.05) is 4.90 Å². The molecule has 0 bridgehead atoms. The van der Waals surface area contributed by atoms with E-state index in [0.29, 0.717) is 22.5 Å². The topological polar surface area (TPSA) is 88.9 Å². The van der Waals surface area contributed by atoms with Gasteiger partial charge >= 0.3 is 0 Å². The molecular weight excluding hydrogens is 322 g/mol. The molecule has 7 nitrogen and oxygen atoms in total. The third kappa shape index (κ3) is 2.32. The molecule has 0 aliphatic carbocycles. The molecule has 1 aromatic heterocycles. The summed E-state index contributed by atoms with van der Waals surface area (Å²) >= 11 is 0. The van der Waals surface area contributed by atoms with E-state index in [4.69, 9.17) is 4.84 Å². The highest BCUT2D eigenvalue weighted by atomic mass is 16.6. The number of oxime groups is 1. The summed E-state index contributed by atoms with van der Waals surface area (Å²) in [5.41, 5.74) is 1.96. The Kier molecular flexibility index (Phi) is 3.42. The number of hydrogen-bond acceptors (Lipinski definition) is 6.